The van der Waals surface area contributed by atoms with Crippen LogP contribution in [0.15, 0.2) is 12.1 Å². The lowest BCUT2D eigenvalue weighted by atomic mass is 10.2. The summed E-state index contributed by atoms with van der Waals surface area (Å²) in [6.07, 6.45) is -4.94. The average Bonchev–Trinajstić information content (AvgIpc) is 2.40. The Labute approximate surface area is 125 Å². The molecule has 1 aliphatic heterocycles. The zero-order valence-corrected chi connectivity index (χ0v) is 12.0. The molecule has 3 nitrogen and oxygen atoms in total. The van der Waals surface area contributed by atoms with Gasteiger partial charge in [0.2, 0.25) is 0 Å². The van der Waals surface area contributed by atoms with Crippen molar-refractivity contribution in [2.75, 3.05) is 43.4 Å². The molecular formula is C13H16ClF4N3. The van der Waals surface area contributed by atoms with Gasteiger partial charge in [-0.25, -0.2) is 4.39 Å². The second kappa shape index (κ2) is 6.27. The van der Waals surface area contributed by atoms with Gasteiger partial charge in [-0.2, -0.15) is 13.2 Å². The van der Waals surface area contributed by atoms with E-state index in [9.17, 15) is 17.6 Å². The van der Waals surface area contributed by atoms with Crippen LogP contribution in [0.2, 0.25) is 5.02 Å². The molecule has 0 aromatic heterocycles. The van der Waals surface area contributed by atoms with Gasteiger partial charge in [0.15, 0.2) is 0 Å². The van der Waals surface area contributed by atoms with Gasteiger partial charge in [-0.15, -0.1) is 0 Å². The van der Waals surface area contributed by atoms with Crippen molar-refractivity contribution in [3.8, 4) is 0 Å². The van der Waals surface area contributed by atoms with Crippen molar-refractivity contribution in [3.05, 3.63) is 23.0 Å². The second-order valence-corrected chi connectivity index (χ2v) is 5.43. The van der Waals surface area contributed by atoms with Gasteiger partial charge in [0.05, 0.1) is 22.8 Å². The third kappa shape index (κ3) is 4.38. The molecule has 8 heteroatoms. The van der Waals surface area contributed by atoms with Gasteiger partial charge in [0.1, 0.15) is 5.82 Å². The number of rotatable bonds is 3. The summed E-state index contributed by atoms with van der Waals surface area (Å²) in [5.41, 5.74) is 6.67. The number of alkyl halides is 3. The number of benzene rings is 1. The summed E-state index contributed by atoms with van der Waals surface area (Å²) in [5, 5.41) is -0.0151. The average molecular weight is 326 g/mol. The van der Waals surface area contributed by atoms with Gasteiger partial charge < -0.3 is 10.6 Å². The van der Waals surface area contributed by atoms with E-state index in [0.717, 1.165) is 6.07 Å². The van der Waals surface area contributed by atoms with Crippen LogP contribution < -0.4 is 10.6 Å². The second-order valence-electron chi connectivity index (χ2n) is 5.02. The zero-order chi connectivity index (χ0) is 15.6. The molecule has 1 fully saturated rings. The Hall–Kier alpha value is -1.21. The molecule has 118 valence electrons. The molecule has 1 aromatic carbocycles. The molecule has 0 atom stereocenters. The topological polar surface area (TPSA) is 32.5 Å². The lowest BCUT2D eigenvalue weighted by Gasteiger charge is -2.36. The number of anilines is 2. The fraction of sp³-hybridized carbons (Fsp3) is 0.538. The van der Waals surface area contributed by atoms with Gasteiger partial charge in [0.25, 0.3) is 0 Å². The predicted molar refractivity (Wildman–Crippen MR) is 75.1 cm³/mol. The van der Waals surface area contributed by atoms with Crippen molar-refractivity contribution in [2.24, 2.45) is 0 Å². The van der Waals surface area contributed by atoms with Crippen LogP contribution in [0.3, 0.4) is 0 Å². The molecule has 1 heterocycles. The quantitative estimate of drug-likeness (QED) is 0.684. The van der Waals surface area contributed by atoms with Gasteiger partial charge >= 0.3 is 6.18 Å². The molecule has 0 aliphatic carbocycles. The Morgan fingerprint density at radius 2 is 1.76 bits per heavy atom. The molecule has 0 bridgehead atoms. The van der Waals surface area contributed by atoms with Crippen LogP contribution in [0, 0.1) is 5.82 Å². The van der Waals surface area contributed by atoms with Crippen molar-refractivity contribution in [2.45, 2.75) is 12.6 Å². The minimum Gasteiger partial charge on any atom is -0.397 e. The molecule has 21 heavy (non-hydrogen) atoms. The van der Waals surface area contributed by atoms with E-state index in [0.29, 0.717) is 31.9 Å². The fourth-order valence-electron chi connectivity index (χ4n) is 2.32. The Morgan fingerprint density at radius 3 is 2.33 bits per heavy atom. The maximum Gasteiger partial charge on any atom is 0.390 e. The number of piperazine rings is 1. The molecule has 2 N–H and O–H groups in total. The van der Waals surface area contributed by atoms with E-state index >= 15 is 0 Å². The monoisotopic (exact) mass is 325 g/mol. The standard InChI is InChI=1S/C13H16ClF4N3/c14-9-7-12(11(19)8-10(9)15)21-5-3-20(4-6-21)2-1-13(16,17)18/h7-8H,1-6,19H2. The first kappa shape index (κ1) is 16.2. The van der Waals surface area contributed by atoms with Gasteiger partial charge in [0, 0.05) is 38.8 Å². The van der Waals surface area contributed by atoms with Crippen LogP contribution in [0.1, 0.15) is 6.42 Å². The minimum absolute atomic E-state index is 0.00298. The lowest BCUT2D eigenvalue weighted by molar-refractivity contribution is -0.138. The highest BCUT2D eigenvalue weighted by Crippen LogP contribution is 2.30. The number of nitrogens with two attached hydrogens (primary N) is 1. The van der Waals surface area contributed by atoms with Crippen LogP contribution in [0.25, 0.3) is 0 Å². The molecule has 0 amide bonds. The maximum atomic E-state index is 13.3. The highest BCUT2D eigenvalue weighted by molar-refractivity contribution is 6.31. The first-order valence-electron chi connectivity index (χ1n) is 6.55. The molecule has 1 saturated heterocycles. The number of hydrogen-bond acceptors (Lipinski definition) is 3. The highest BCUT2D eigenvalue weighted by Gasteiger charge is 2.29. The maximum absolute atomic E-state index is 13.3. The first-order valence-corrected chi connectivity index (χ1v) is 6.92. The largest absolute Gasteiger partial charge is 0.397 e. The zero-order valence-electron chi connectivity index (χ0n) is 11.3. The van der Waals surface area contributed by atoms with Gasteiger partial charge in [-0.3, -0.25) is 4.90 Å². The SMILES string of the molecule is Nc1cc(F)c(Cl)cc1N1CCN(CCC(F)(F)F)CC1. The Balaban J connectivity index is 1.94. The normalized spacial score (nSPS) is 17.3. The summed E-state index contributed by atoms with van der Waals surface area (Å²) < 4.78 is 49.8. The van der Waals surface area contributed by atoms with E-state index in [1.807, 2.05) is 4.90 Å². The van der Waals surface area contributed by atoms with E-state index < -0.39 is 18.4 Å². The number of nitrogens with zero attached hydrogens (tertiary/aromatic N) is 2. The Kier molecular flexibility index (Phi) is 4.83. The van der Waals surface area contributed by atoms with E-state index in [4.69, 9.17) is 17.3 Å². The summed E-state index contributed by atoms with van der Waals surface area (Å²) >= 11 is 5.74. The predicted octanol–water partition coefficient (Wildman–Crippen LogP) is 3.14. The lowest BCUT2D eigenvalue weighted by Crippen LogP contribution is -2.47. The summed E-state index contributed by atoms with van der Waals surface area (Å²) in [6, 6.07) is 2.62. The van der Waals surface area contributed by atoms with Crippen molar-refractivity contribution < 1.29 is 17.6 Å². The molecule has 2 rings (SSSR count). The van der Waals surface area contributed by atoms with Crippen LogP contribution in [-0.2, 0) is 0 Å². The van der Waals surface area contributed by atoms with Crippen LogP contribution in [-0.4, -0.2) is 43.8 Å². The molecule has 0 radical (unpaired) electrons. The van der Waals surface area contributed by atoms with Crippen molar-refractivity contribution in [1.82, 2.24) is 4.90 Å². The Bertz CT molecular complexity index is 499. The van der Waals surface area contributed by atoms with E-state index in [1.54, 1.807) is 4.90 Å². The van der Waals surface area contributed by atoms with Crippen molar-refractivity contribution in [1.29, 1.82) is 0 Å². The van der Waals surface area contributed by atoms with Crippen LogP contribution in [0.4, 0.5) is 28.9 Å². The minimum atomic E-state index is -4.13. The summed E-state index contributed by atoms with van der Waals surface area (Å²) in [5.74, 6) is -0.582. The van der Waals surface area contributed by atoms with E-state index in [1.165, 1.54) is 6.07 Å². The molecule has 0 spiro atoms. The van der Waals surface area contributed by atoms with Crippen molar-refractivity contribution in [3.63, 3.8) is 0 Å². The van der Waals surface area contributed by atoms with Gasteiger partial charge in [-0.1, -0.05) is 11.6 Å². The third-order valence-corrected chi connectivity index (χ3v) is 3.78. The van der Waals surface area contributed by atoms with Crippen LogP contribution >= 0.6 is 11.6 Å². The molecular weight excluding hydrogens is 310 g/mol. The number of nitrogen functional groups attached to an aromatic ring is 1. The number of hydrogen-bond donors (Lipinski definition) is 1. The smallest absolute Gasteiger partial charge is 0.390 e. The summed E-state index contributed by atoms with van der Waals surface area (Å²) in [4.78, 5) is 3.66. The van der Waals surface area contributed by atoms with Crippen LogP contribution in [0.5, 0.6) is 0 Å². The van der Waals surface area contributed by atoms with Crippen molar-refractivity contribution >= 4 is 23.0 Å². The first-order chi connectivity index (χ1) is 9.76. The van der Waals surface area contributed by atoms with E-state index in [2.05, 4.69) is 0 Å². The summed E-state index contributed by atoms with van der Waals surface area (Å²) in [7, 11) is 0. The Morgan fingerprint density at radius 1 is 1.14 bits per heavy atom. The highest BCUT2D eigenvalue weighted by atomic mass is 35.5. The van der Waals surface area contributed by atoms with Gasteiger partial charge in [-0.05, 0) is 6.07 Å². The third-order valence-electron chi connectivity index (χ3n) is 3.49. The molecule has 0 saturated carbocycles. The fourth-order valence-corrected chi connectivity index (χ4v) is 2.48. The number of halogens is 5. The van der Waals surface area contributed by atoms with E-state index in [-0.39, 0.29) is 17.3 Å². The molecule has 1 aliphatic rings. The molecule has 0 unspecified atom stereocenters. The molecule has 1 aromatic rings. The summed E-state index contributed by atoms with van der Waals surface area (Å²) in [6.45, 7) is 2.07.